The number of carbonyl (C=O) groups is 3. The molecule has 1 saturated carbocycles. The monoisotopic (exact) mass is 572 g/mol. The maximum Gasteiger partial charge on any atom is 0.372 e. The number of fused-ring (bicyclic) bond motifs is 3. The average molecular weight is 573 g/mol. The number of benzene rings is 1. The zero-order valence-electron chi connectivity index (χ0n) is 23.7. The number of nitrogens with zero attached hydrogens (tertiary/aromatic N) is 4. The number of methoxy groups -OCH3 is 2. The molecule has 2 heterocycles. The predicted molar refractivity (Wildman–Crippen MR) is 148 cm³/mol. The third kappa shape index (κ3) is 7.91. The van der Waals surface area contributed by atoms with Gasteiger partial charge in [0, 0.05) is 38.2 Å². The molecule has 1 aliphatic heterocycles. The quantitative estimate of drug-likeness (QED) is 0.374. The zero-order chi connectivity index (χ0) is 30.3. The normalized spacial score (nSPS) is 19.7. The molecule has 1 unspecified atom stereocenters. The Morgan fingerprint density at radius 2 is 1.83 bits per heavy atom. The fraction of sp³-hybridized carbons (Fsp3) is 0.500. The van der Waals surface area contributed by atoms with E-state index < -0.39 is 30.6 Å². The summed E-state index contributed by atoms with van der Waals surface area (Å²) in [4.78, 5) is 45.4. The molecule has 0 saturated heterocycles. The minimum atomic E-state index is -1.58. The molecule has 1 fully saturated rings. The summed E-state index contributed by atoms with van der Waals surface area (Å²) in [5.74, 6) is -1.26. The Hall–Kier alpha value is -4.26. The molecule has 0 spiro atoms. The summed E-state index contributed by atoms with van der Waals surface area (Å²) in [5, 5.41) is 26.2. The first-order valence-electron chi connectivity index (χ1n) is 13.1. The van der Waals surface area contributed by atoms with Gasteiger partial charge in [-0.15, -0.1) is 0 Å². The van der Waals surface area contributed by atoms with Gasteiger partial charge in [0.25, 0.3) is 0 Å². The molecule has 4 atom stereocenters. The van der Waals surface area contributed by atoms with Crippen LogP contribution in [-0.2, 0) is 19.1 Å². The van der Waals surface area contributed by atoms with E-state index in [9.17, 15) is 19.5 Å². The van der Waals surface area contributed by atoms with Crippen LogP contribution < -0.4 is 14.4 Å². The van der Waals surface area contributed by atoms with Gasteiger partial charge in [-0.25, -0.2) is 14.8 Å². The van der Waals surface area contributed by atoms with Crippen LogP contribution in [0.15, 0.2) is 29.4 Å². The molecule has 41 heavy (non-hydrogen) atoms. The second-order valence-electron chi connectivity index (χ2n) is 9.94. The number of aliphatic hydroxyl groups excluding tert-OH is 1. The average Bonchev–Trinajstić information content (AvgIpc) is 2.95. The van der Waals surface area contributed by atoms with Gasteiger partial charge < -0.3 is 34.4 Å². The lowest BCUT2D eigenvalue weighted by Crippen LogP contribution is -2.34. The lowest BCUT2D eigenvalue weighted by atomic mass is 9.75. The molecule has 4 rings (SSSR count). The molecule has 222 valence electrons. The van der Waals surface area contributed by atoms with E-state index in [-0.39, 0.29) is 24.2 Å². The Bertz CT molecular complexity index is 1300. The number of aliphatic hydroxyl groups is 1. The van der Waals surface area contributed by atoms with Crippen LogP contribution >= 0.6 is 0 Å². The van der Waals surface area contributed by atoms with E-state index >= 15 is 0 Å². The highest BCUT2D eigenvalue weighted by Gasteiger charge is 2.37. The molecule has 13 nitrogen and oxygen atoms in total. The van der Waals surface area contributed by atoms with E-state index in [1.165, 1.54) is 0 Å². The second kappa shape index (κ2) is 13.9. The van der Waals surface area contributed by atoms with E-state index in [1.807, 2.05) is 38.1 Å². The van der Waals surface area contributed by atoms with Gasteiger partial charge in [-0.05, 0) is 43.9 Å². The number of ether oxygens (including phenoxy) is 3. The van der Waals surface area contributed by atoms with E-state index in [2.05, 4.69) is 16.0 Å². The number of hydrogen-bond donors (Lipinski definition) is 3. The Morgan fingerprint density at radius 1 is 1.10 bits per heavy atom. The number of carboxylic acid groups (broad SMARTS) is 2. The summed E-state index contributed by atoms with van der Waals surface area (Å²) >= 11 is 0. The first-order chi connectivity index (χ1) is 19.4. The minimum Gasteiger partial charge on any atom is -0.497 e. The third-order valence-electron chi connectivity index (χ3n) is 6.85. The number of anilines is 1. The molecule has 2 aliphatic rings. The Morgan fingerprint density at radius 3 is 2.44 bits per heavy atom. The van der Waals surface area contributed by atoms with Crippen molar-refractivity contribution in [2.24, 2.45) is 4.99 Å². The van der Waals surface area contributed by atoms with Crippen molar-refractivity contribution in [3.05, 3.63) is 41.1 Å². The second-order valence-corrected chi connectivity index (χ2v) is 9.94. The van der Waals surface area contributed by atoms with E-state index in [0.717, 1.165) is 35.3 Å². The summed E-state index contributed by atoms with van der Waals surface area (Å²) in [7, 11) is 7.00. The topological polar surface area (TPSA) is 181 Å². The Kier molecular flexibility index (Phi) is 10.6. The minimum absolute atomic E-state index is 0.0979. The molecular formula is C28H36N4O9. The van der Waals surface area contributed by atoms with Gasteiger partial charge in [0.2, 0.25) is 23.5 Å². The van der Waals surface area contributed by atoms with Gasteiger partial charge in [-0.3, -0.25) is 9.59 Å². The van der Waals surface area contributed by atoms with Crippen molar-refractivity contribution in [3.63, 3.8) is 0 Å². The van der Waals surface area contributed by atoms with Gasteiger partial charge >= 0.3 is 11.9 Å². The molecule has 0 amide bonds. The van der Waals surface area contributed by atoms with Crippen molar-refractivity contribution in [1.82, 2.24) is 9.97 Å². The van der Waals surface area contributed by atoms with Crippen LogP contribution in [-0.4, -0.2) is 89.4 Å². The zero-order valence-corrected chi connectivity index (χ0v) is 23.7. The molecule has 1 aromatic heterocycles. The van der Waals surface area contributed by atoms with Crippen LogP contribution in [0.5, 0.6) is 11.6 Å². The number of hydrogen-bond acceptors (Lipinski definition) is 11. The van der Waals surface area contributed by atoms with Crippen molar-refractivity contribution in [2.75, 3.05) is 33.2 Å². The molecule has 1 aliphatic carbocycles. The first kappa shape index (κ1) is 31.3. The number of carboxylic acids is 2. The highest BCUT2D eigenvalue weighted by Crippen LogP contribution is 2.42. The van der Waals surface area contributed by atoms with Crippen LogP contribution in [0.3, 0.4) is 0 Å². The van der Waals surface area contributed by atoms with Gasteiger partial charge in [-0.2, -0.15) is 4.98 Å². The number of aromatic nitrogens is 2. The van der Waals surface area contributed by atoms with Crippen molar-refractivity contribution >= 4 is 29.6 Å². The SMILES string of the molecule is COc1ccc2c(c1)C(OC(C)c1cnc(N(C)C)nc1OC)=N[C@@H]1CC[C@@H](O)C[C@H]21.O=C(O)CCC(=O)C(=O)O. The number of ketones is 1. The number of Topliss-reactive ketones (excluding diaryl/α,β-unsaturated/α-hetero) is 1. The van der Waals surface area contributed by atoms with Crippen molar-refractivity contribution in [3.8, 4) is 11.6 Å². The molecule has 3 N–H and O–H groups in total. The van der Waals surface area contributed by atoms with Gasteiger partial charge in [-0.1, -0.05) is 6.07 Å². The van der Waals surface area contributed by atoms with E-state index in [4.69, 9.17) is 29.4 Å². The smallest absolute Gasteiger partial charge is 0.372 e. The number of carbonyl (C=O) groups excluding carboxylic acids is 1. The van der Waals surface area contributed by atoms with Crippen molar-refractivity contribution in [2.45, 2.75) is 63.2 Å². The molecule has 2 aromatic rings. The van der Waals surface area contributed by atoms with Gasteiger partial charge in [0.15, 0.2) is 0 Å². The largest absolute Gasteiger partial charge is 0.497 e. The van der Waals surface area contributed by atoms with Crippen molar-refractivity contribution < 1.29 is 43.9 Å². The van der Waals surface area contributed by atoms with Crippen LogP contribution in [0, 0.1) is 0 Å². The maximum absolute atomic E-state index is 10.2. The Labute approximate surface area is 237 Å². The summed E-state index contributed by atoms with van der Waals surface area (Å²) in [5.41, 5.74) is 2.81. The highest BCUT2D eigenvalue weighted by atomic mass is 16.5. The van der Waals surface area contributed by atoms with Crippen LogP contribution in [0.4, 0.5) is 5.95 Å². The van der Waals surface area contributed by atoms with Crippen LogP contribution in [0.1, 0.15) is 67.7 Å². The van der Waals surface area contributed by atoms with Crippen LogP contribution in [0.2, 0.25) is 0 Å². The fourth-order valence-corrected chi connectivity index (χ4v) is 4.69. The summed E-state index contributed by atoms with van der Waals surface area (Å²) in [6.45, 7) is 1.94. The third-order valence-corrected chi connectivity index (χ3v) is 6.85. The molecule has 1 aromatic carbocycles. The summed E-state index contributed by atoms with van der Waals surface area (Å²) in [6, 6.07) is 6.09. The molecule has 0 radical (unpaired) electrons. The van der Waals surface area contributed by atoms with E-state index in [1.54, 1.807) is 20.4 Å². The Balaban J connectivity index is 0.000000397. The first-order valence-corrected chi connectivity index (χ1v) is 13.1. The highest BCUT2D eigenvalue weighted by molar-refractivity contribution is 6.32. The van der Waals surface area contributed by atoms with Crippen molar-refractivity contribution in [1.29, 1.82) is 0 Å². The standard InChI is InChI=1S/C23H30N4O4.C5H6O5/c1-13(19-12-24-23(27(2)3)26-21(19)30-5)31-22-18-11-15(29-4)7-8-16(18)17-10-14(28)6-9-20(17)25-22;6-3(5(9)10)1-2-4(7)8/h7-8,11-14,17,20,28H,6,9-10H2,1-5H3;1-2H2,(H,7,8)(H,9,10)/t13?,14-,17-,20-;/m1./s1. The number of aliphatic carboxylic acids is 2. The van der Waals surface area contributed by atoms with Gasteiger partial charge in [0.05, 0.1) is 38.3 Å². The lowest BCUT2D eigenvalue weighted by Gasteiger charge is -2.37. The predicted octanol–water partition coefficient (Wildman–Crippen LogP) is 2.60. The molecule has 0 bridgehead atoms. The van der Waals surface area contributed by atoms with Gasteiger partial charge in [0.1, 0.15) is 11.9 Å². The van der Waals surface area contributed by atoms with Crippen LogP contribution in [0.25, 0.3) is 0 Å². The molecular weight excluding hydrogens is 536 g/mol. The maximum atomic E-state index is 10.2. The summed E-state index contributed by atoms with van der Waals surface area (Å²) < 4.78 is 17.3. The number of rotatable bonds is 9. The molecule has 13 heteroatoms. The van der Waals surface area contributed by atoms with E-state index in [0.29, 0.717) is 24.1 Å². The number of aliphatic imine (C=N–C) groups is 1. The lowest BCUT2D eigenvalue weighted by molar-refractivity contribution is -0.149. The summed E-state index contributed by atoms with van der Waals surface area (Å²) in [6.07, 6.45) is 2.52. The fourth-order valence-electron chi connectivity index (χ4n) is 4.69.